The first kappa shape index (κ1) is 19.4. The Labute approximate surface area is 178 Å². The number of benzene rings is 2. The van der Waals surface area contributed by atoms with Crippen molar-refractivity contribution in [1.82, 2.24) is 4.90 Å². The maximum absolute atomic E-state index is 12.9. The lowest BCUT2D eigenvalue weighted by atomic mass is 9.99. The molecule has 0 saturated carbocycles. The average Bonchev–Trinajstić information content (AvgIpc) is 3.34. The van der Waals surface area contributed by atoms with Crippen LogP contribution in [0.2, 0.25) is 0 Å². The normalized spacial score (nSPS) is 17.1. The highest BCUT2D eigenvalue weighted by Crippen LogP contribution is 2.39. The number of carbonyl (C=O) groups excluding carboxylic acids is 1. The van der Waals surface area contributed by atoms with Crippen LogP contribution < -0.4 is 4.74 Å². The lowest BCUT2D eigenvalue weighted by Gasteiger charge is -2.44. The number of carboxylic acid groups (broad SMARTS) is 1. The summed E-state index contributed by atoms with van der Waals surface area (Å²) in [4.78, 5) is 26.0. The number of aromatic carboxylic acids is 1. The molecular weight excluding hydrogens is 398 g/mol. The van der Waals surface area contributed by atoms with Crippen molar-refractivity contribution < 1.29 is 28.6 Å². The SMILES string of the molecule is O=C(O)c1ccccc1C(=O)N1CCC2(CC1)OCc1cc(-c3ccco3)ccc1O2. The molecule has 1 N–H and O–H groups in total. The number of hydrogen-bond donors (Lipinski definition) is 1. The standard InChI is InChI=1S/C24H21NO6/c26-22(18-4-1-2-5-19(18)23(27)28)25-11-9-24(10-12-25)30-15-17-14-16(7-8-21(17)31-24)20-6-3-13-29-20/h1-8,13-14H,9-12,15H2,(H,27,28). The van der Waals surface area contributed by atoms with Crippen molar-refractivity contribution in [3.05, 3.63) is 77.6 Å². The van der Waals surface area contributed by atoms with Crippen LogP contribution >= 0.6 is 0 Å². The quantitative estimate of drug-likeness (QED) is 0.685. The zero-order valence-corrected chi connectivity index (χ0v) is 16.7. The van der Waals surface area contributed by atoms with Gasteiger partial charge >= 0.3 is 5.97 Å². The molecule has 3 heterocycles. The number of rotatable bonds is 3. The number of piperidine rings is 1. The Bertz CT molecular complexity index is 1130. The van der Waals surface area contributed by atoms with Gasteiger partial charge in [-0.05, 0) is 42.5 Å². The summed E-state index contributed by atoms with van der Waals surface area (Å²) in [6.07, 6.45) is 2.65. The molecule has 1 amide bonds. The van der Waals surface area contributed by atoms with E-state index in [-0.39, 0.29) is 17.0 Å². The number of likely N-dealkylation sites (tertiary alicyclic amines) is 1. The Balaban J connectivity index is 1.29. The smallest absolute Gasteiger partial charge is 0.336 e. The van der Waals surface area contributed by atoms with Crippen LogP contribution in [0, 0.1) is 0 Å². The molecule has 158 valence electrons. The lowest BCUT2D eigenvalue weighted by molar-refractivity contribution is -0.225. The molecule has 0 aliphatic carbocycles. The van der Waals surface area contributed by atoms with Gasteiger partial charge in [0.2, 0.25) is 5.79 Å². The van der Waals surface area contributed by atoms with Gasteiger partial charge in [-0.2, -0.15) is 0 Å². The maximum atomic E-state index is 12.9. The Hall–Kier alpha value is -3.58. The molecule has 2 aliphatic rings. The number of amides is 1. The van der Waals surface area contributed by atoms with Crippen molar-refractivity contribution >= 4 is 11.9 Å². The number of carbonyl (C=O) groups is 2. The predicted octanol–water partition coefficient (Wildman–Crippen LogP) is 4.19. The second kappa shape index (κ2) is 7.59. The van der Waals surface area contributed by atoms with Crippen LogP contribution in [0.1, 0.15) is 39.1 Å². The predicted molar refractivity (Wildman–Crippen MR) is 111 cm³/mol. The highest BCUT2D eigenvalue weighted by Gasteiger charge is 2.42. The number of hydrogen-bond acceptors (Lipinski definition) is 5. The van der Waals surface area contributed by atoms with Gasteiger partial charge in [-0.25, -0.2) is 4.79 Å². The minimum atomic E-state index is -1.11. The summed E-state index contributed by atoms with van der Waals surface area (Å²) < 4.78 is 17.8. The van der Waals surface area contributed by atoms with Crippen LogP contribution in [0.25, 0.3) is 11.3 Å². The van der Waals surface area contributed by atoms with E-state index in [1.165, 1.54) is 6.07 Å². The second-order valence-electron chi connectivity index (χ2n) is 7.74. The number of nitrogens with zero attached hydrogens (tertiary/aromatic N) is 1. The van der Waals surface area contributed by atoms with Crippen molar-refractivity contribution in [3.63, 3.8) is 0 Å². The molecule has 0 radical (unpaired) electrons. The second-order valence-corrected chi connectivity index (χ2v) is 7.74. The molecule has 1 aromatic heterocycles. The van der Waals surface area contributed by atoms with E-state index in [0.29, 0.717) is 32.5 Å². The van der Waals surface area contributed by atoms with E-state index < -0.39 is 11.8 Å². The molecule has 1 saturated heterocycles. The summed E-state index contributed by atoms with van der Waals surface area (Å²) in [6, 6.07) is 15.9. The molecule has 2 aromatic carbocycles. The molecule has 0 bridgehead atoms. The van der Waals surface area contributed by atoms with Crippen molar-refractivity contribution in [2.75, 3.05) is 13.1 Å². The fourth-order valence-corrected chi connectivity index (χ4v) is 4.15. The van der Waals surface area contributed by atoms with Crippen molar-refractivity contribution in [2.45, 2.75) is 25.2 Å². The van der Waals surface area contributed by atoms with Crippen LogP contribution in [-0.2, 0) is 11.3 Å². The van der Waals surface area contributed by atoms with Gasteiger partial charge in [-0.3, -0.25) is 4.79 Å². The first-order valence-corrected chi connectivity index (χ1v) is 10.2. The fourth-order valence-electron chi connectivity index (χ4n) is 4.15. The van der Waals surface area contributed by atoms with Crippen LogP contribution in [0.15, 0.2) is 65.3 Å². The Morgan fingerprint density at radius 3 is 2.45 bits per heavy atom. The zero-order valence-electron chi connectivity index (χ0n) is 16.7. The van der Waals surface area contributed by atoms with E-state index in [4.69, 9.17) is 13.9 Å². The third kappa shape index (κ3) is 3.57. The highest BCUT2D eigenvalue weighted by atomic mass is 16.7. The number of furan rings is 1. The van der Waals surface area contributed by atoms with E-state index >= 15 is 0 Å². The summed E-state index contributed by atoms with van der Waals surface area (Å²) >= 11 is 0. The molecule has 2 aliphatic heterocycles. The van der Waals surface area contributed by atoms with Crippen molar-refractivity contribution in [2.24, 2.45) is 0 Å². The van der Waals surface area contributed by atoms with E-state index in [1.807, 2.05) is 30.3 Å². The van der Waals surface area contributed by atoms with Gasteiger partial charge in [0.1, 0.15) is 11.5 Å². The average molecular weight is 419 g/mol. The molecule has 0 atom stereocenters. The Kier molecular flexibility index (Phi) is 4.75. The van der Waals surface area contributed by atoms with E-state index in [9.17, 15) is 14.7 Å². The van der Waals surface area contributed by atoms with Gasteiger partial charge in [-0.15, -0.1) is 0 Å². The molecule has 7 heteroatoms. The van der Waals surface area contributed by atoms with Gasteiger partial charge in [0, 0.05) is 37.1 Å². The Morgan fingerprint density at radius 2 is 1.74 bits per heavy atom. The minimum absolute atomic E-state index is 0.0132. The third-order valence-corrected chi connectivity index (χ3v) is 5.85. The molecule has 3 aromatic rings. The monoisotopic (exact) mass is 419 g/mol. The van der Waals surface area contributed by atoms with Gasteiger partial charge in [0.15, 0.2) is 0 Å². The third-order valence-electron chi connectivity index (χ3n) is 5.85. The number of carboxylic acids is 1. The molecule has 1 fully saturated rings. The first-order chi connectivity index (χ1) is 15.0. The topological polar surface area (TPSA) is 89.2 Å². The van der Waals surface area contributed by atoms with Crippen molar-refractivity contribution in [1.29, 1.82) is 0 Å². The van der Waals surface area contributed by atoms with Gasteiger partial charge in [-0.1, -0.05) is 12.1 Å². The van der Waals surface area contributed by atoms with Crippen LogP contribution in [0.4, 0.5) is 0 Å². The summed E-state index contributed by atoms with van der Waals surface area (Å²) in [5.41, 5.74) is 2.13. The van der Waals surface area contributed by atoms with E-state index in [0.717, 1.165) is 22.6 Å². The van der Waals surface area contributed by atoms with E-state index in [1.54, 1.807) is 29.4 Å². The molecule has 1 spiro atoms. The van der Waals surface area contributed by atoms with E-state index in [2.05, 4.69) is 0 Å². The highest BCUT2D eigenvalue weighted by molar-refractivity contribution is 6.04. The molecule has 7 nitrogen and oxygen atoms in total. The van der Waals surface area contributed by atoms with Gasteiger partial charge < -0.3 is 23.9 Å². The Morgan fingerprint density at radius 1 is 0.968 bits per heavy atom. The molecule has 31 heavy (non-hydrogen) atoms. The number of fused-ring (bicyclic) bond motifs is 1. The largest absolute Gasteiger partial charge is 0.478 e. The van der Waals surface area contributed by atoms with Gasteiger partial charge in [0.25, 0.3) is 5.91 Å². The van der Waals surface area contributed by atoms with Crippen molar-refractivity contribution in [3.8, 4) is 17.1 Å². The zero-order chi connectivity index (χ0) is 21.4. The lowest BCUT2D eigenvalue weighted by Crippen LogP contribution is -2.52. The minimum Gasteiger partial charge on any atom is -0.478 e. The fraction of sp³-hybridized carbons (Fsp3) is 0.250. The van der Waals surface area contributed by atoms with Crippen LogP contribution in [-0.4, -0.2) is 40.8 Å². The summed E-state index contributed by atoms with van der Waals surface area (Å²) in [5, 5.41) is 9.37. The summed E-state index contributed by atoms with van der Waals surface area (Å²) in [5.74, 6) is -0.606. The van der Waals surface area contributed by atoms with Gasteiger partial charge in [0.05, 0.1) is 24.0 Å². The number of ether oxygens (including phenoxy) is 2. The molecule has 0 unspecified atom stereocenters. The first-order valence-electron chi connectivity index (χ1n) is 10.2. The molecular formula is C24H21NO6. The maximum Gasteiger partial charge on any atom is 0.336 e. The van der Waals surface area contributed by atoms with Crippen LogP contribution in [0.3, 0.4) is 0 Å². The van der Waals surface area contributed by atoms with Crippen LogP contribution in [0.5, 0.6) is 5.75 Å². The summed E-state index contributed by atoms with van der Waals surface area (Å²) in [6.45, 7) is 1.26. The summed E-state index contributed by atoms with van der Waals surface area (Å²) in [7, 11) is 0. The molecule has 5 rings (SSSR count).